The summed E-state index contributed by atoms with van der Waals surface area (Å²) in [5, 5.41) is 7.06. The number of carbonyl (C=O) groups excluding carboxylic acids is 1. The maximum atomic E-state index is 12.5. The first-order chi connectivity index (χ1) is 11.5. The number of carbonyl (C=O) groups is 1. The van der Waals surface area contributed by atoms with Gasteiger partial charge in [-0.25, -0.2) is 4.79 Å². The fraction of sp³-hybridized carbons (Fsp3) is 0.333. The normalized spacial score (nSPS) is 10.8. The minimum Gasteiger partial charge on any atom is -0.478 e. The number of aromatic nitrogens is 4. The molecule has 0 unspecified atom stereocenters. The molecular formula is C15H18N6O2S. The van der Waals surface area contributed by atoms with Crippen LogP contribution in [0.4, 0.5) is 10.5 Å². The van der Waals surface area contributed by atoms with Gasteiger partial charge >= 0.3 is 6.03 Å². The fourth-order valence-corrected chi connectivity index (χ4v) is 2.86. The van der Waals surface area contributed by atoms with Crippen molar-refractivity contribution >= 4 is 34.5 Å². The number of rotatable bonds is 4. The van der Waals surface area contributed by atoms with E-state index in [4.69, 9.17) is 4.74 Å². The molecular weight excluding hydrogens is 328 g/mol. The molecule has 0 fully saturated rings. The molecule has 2 aromatic heterocycles. The van der Waals surface area contributed by atoms with Crippen molar-refractivity contribution in [2.45, 2.75) is 13.5 Å². The molecule has 2 heterocycles. The van der Waals surface area contributed by atoms with E-state index in [0.29, 0.717) is 18.1 Å². The highest BCUT2D eigenvalue weighted by atomic mass is 32.1. The lowest BCUT2D eigenvalue weighted by atomic mass is 10.2. The Morgan fingerprint density at radius 1 is 1.38 bits per heavy atom. The minimum absolute atomic E-state index is 0.235. The minimum atomic E-state index is -0.235. The van der Waals surface area contributed by atoms with Crippen molar-refractivity contribution in [1.82, 2.24) is 23.4 Å². The van der Waals surface area contributed by atoms with Crippen molar-refractivity contribution in [3.63, 3.8) is 0 Å². The third-order valence-electron chi connectivity index (χ3n) is 3.81. The molecule has 2 amide bonds. The van der Waals surface area contributed by atoms with Crippen molar-refractivity contribution in [2.75, 3.05) is 19.5 Å². The summed E-state index contributed by atoms with van der Waals surface area (Å²) in [6.07, 6.45) is 0. The van der Waals surface area contributed by atoms with Gasteiger partial charge in [-0.2, -0.15) is 8.75 Å². The number of urea groups is 1. The van der Waals surface area contributed by atoms with E-state index in [0.717, 1.165) is 22.3 Å². The number of nitrogens with one attached hydrogen (secondary N) is 1. The molecule has 1 aromatic carbocycles. The highest BCUT2D eigenvalue weighted by molar-refractivity contribution is 7.00. The molecule has 0 spiro atoms. The zero-order valence-electron chi connectivity index (χ0n) is 13.9. The summed E-state index contributed by atoms with van der Waals surface area (Å²) in [5.41, 5.74) is 4.10. The van der Waals surface area contributed by atoms with Crippen LogP contribution in [0.25, 0.3) is 11.0 Å². The van der Waals surface area contributed by atoms with E-state index in [2.05, 4.69) is 19.2 Å². The van der Waals surface area contributed by atoms with E-state index in [1.807, 2.05) is 25.1 Å². The van der Waals surface area contributed by atoms with Crippen molar-refractivity contribution in [3.8, 4) is 5.88 Å². The van der Waals surface area contributed by atoms with Crippen molar-refractivity contribution in [3.05, 3.63) is 29.5 Å². The summed E-state index contributed by atoms with van der Waals surface area (Å²) >= 11 is 1.18. The molecule has 8 nitrogen and oxygen atoms in total. The molecule has 9 heteroatoms. The second-order valence-electron chi connectivity index (χ2n) is 5.47. The summed E-state index contributed by atoms with van der Waals surface area (Å²) in [6, 6.07) is 5.57. The molecule has 0 aliphatic heterocycles. The number of hydrogen-bond donors (Lipinski definition) is 1. The summed E-state index contributed by atoms with van der Waals surface area (Å²) in [7, 11) is 5.06. The van der Waals surface area contributed by atoms with Crippen molar-refractivity contribution < 1.29 is 9.53 Å². The molecule has 0 aliphatic carbocycles. The first kappa shape index (κ1) is 16.2. The molecule has 0 atom stereocenters. The molecule has 1 N–H and O–H groups in total. The van der Waals surface area contributed by atoms with Gasteiger partial charge in [0.15, 0.2) is 0 Å². The smallest absolute Gasteiger partial charge is 0.322 e. The number of benzene rings is 1. The van der Waals surface area contributed by atoms with Crippen LogP contribution in [0.15, 0.2) is 18.2 Å². The Balaban J connectivity index is 1.72. The Hall–Kier alpha value is -2.68. The summed E-state index contributed by atoms with van der Waals surface area (Å²) in [6.45, 7) is 2.33. The van der Waals surface area contributed by atoms with Crippen LogP contribution in [0, 0.1) is 6.92 Å². The standard InChI is InChI=1S/C15H18N6O2S/c1-9-13(14(23-4)17-21(9)3)16-15(22)20(2)8-10-5-6-11-12(7-10)19-24-18-11/h5-7H,8H2,1-4H3,(H,16,22). The molecule has 3 aromatic rings. The number of methoxy groups -OCH3 is 1. The molecule has 0 radical (unpaired) electrons. The number of fused-ring (bicyclic) bond motifs is 1. The third-order valence-corrected chi connectivity index (χ3v) is 4.37. The van der Waals surface area contributed by atoms with Gasteiger partial charge in [0, 0.05) is 20.6 Å². The highest BCUT2D eigenvalue weighted by Gasteiger charge is 2.18. The first-order valence-electron chi connectivity index (χ1n) is 7.30. The lowest BCUT2D eigenvalue weighted by molar-refractivity contribution is 0.220. The van der Waals surface area contributed by atoms with Gasteiger partial charge in [-0.05, 0) is 24.6 Å². The summed E-state index contributed by atoms with van der Waals surface area (Å²) < 4.78 is 15.3. The molecule has 24 heavy (non-hydrogen) atoms. The Morgan fingerprint density at radius 3 is 2.88 bits per heavy atom. The van der Waals surface area contributed by atoms with Crippen LogP contribution in [-0.4, -0.2) is 43.6 Å². The first-order valence-corrected chi connectivity index (χ1v) is 8.03. The van der Waals surface area contributed by atoms with Crippen molar-refractivity contribution in [1.29, 1.82) is 0 Å². The number of aryl methyl sites for hydroxylation is 1. The molecule has 126 valence electrons. The van der Waals surface area contributed by atoms with E-state index < -0.39 is 0 Å². The van der Waals surface area contributed by atoms with Gasteiger partial charge < -0.3 is 15.0 Å². The second-order valence-corrected chi connectivity index (χ2v) is 6.00. The fourth-order valence-electron chi connectivity index (χ4n) is 2.34. The highest BCUT2D eigenvalue weighted by Crippen LogP contribution is 2.26. The maximum Gasteiger partial charge on any atom is 0.322 e. The third kappa shape index (κ3) is 3.02. The maximum absolute atomic E-state index is 12.5. The van der Waals surface area contributed by atoms with Crippen LogP contribution in [0.3, 0.4) is 0 Å². The zero-order chi connectivity index (χ0) is 17.3. The predicted octanol–water partition coefficient (Wildman–Crippen LogP) is 2.41. The van der Waals surface area contributed by atoms with Crippen molar-refractivity contribution in [2.24, 2.45) is 7.05 Å². The lowest BCUT2D eigenvalue weighted by Crippen LogP contribution is -2.31. The Kier molecular flexibility index (Phi) is 4.34. The average Bonchev–Trinajstić information content (AvgIpc) is 3.13. The van der Waals surface area contributed by atoms with Crippen LogP contribution < -0.4 is 10.1 Å². The largest absolute Gasteiger partial charge is 0.478 e. The topological polar surface area (TPSA) is 85.2 Å². The zero-order valence-corrected chi connectivity index (χ0v) is 14.7. The molecule has 0 aliphatic rings. The van der Waals surface area contributed by atoms with E-state index in [1.54, 1.807) is 23.7 Å². The van der Waals surface area contributed by atoms with Gasteiger partial charge in [0.05, 0.1) is 24.5 Å². The van der Waals surface area contributed by atoms with Crippen LogP contribution >= 0.6 is 11.7 Å². The Morgan fingerprint density at radius 2 is 2.12 bits per heavy atom. The van der Waals surface area contributed by atoms with Crippen LogP contribution in [0.5, 0.6) is 5.88 Å². The van der Waals surface area contributed by atoms with Gasteiger partial charge in [-0.1, -0.05) is 6.07 Å². The van der Waals surface area contributed by atoms with Gasteiger partial charge in [-0.15, -0.1) is 5.10 Å². The number of ether oxygens (including phenoxy) is 1. The molecule has 3 rings (SSSR count). The van der Waals surface area contributed by atoms with Gasteiger partial charge in [0.1, 0.15) is 16.7 Å². The van der Waals surface area contributed by atoms with E-state index in [9.17, 15) is 4.79 Å². The molecule has 0 bridgehead atoms. The number of amides is 2. The second kappa shape index (κ2) is 6.44. The molecule has 0 saturated carbocycles. The predicted molar refractivity (Wildman–Crippen MR) is 92.4 cm³/mol. The number of hydrogen-bond acceptors (Lipinski definition) is 6. The van der Waals surface area contributed by atoms with E-state index in [-0.39, 0.29) is 6.03 Å². The number of anilines is 1. The molecule has 0 saturated heterocycles. The van der Waals surface area contributed by atoms with E-state index >= 15 is 0 Å². The van der Waals surface area contributed by atoms with Crippen LogP contribution in [0.2, 0.25) is 0 Å². The Bertz CT molecular complexity index is 887. The Labute approximate surface area is 143 Å². The lowest BCUT2D eigenvalue weighted by Gasteiger charge is -2.18. The van der Waals surface area contributed by atoms with Gasteiger partial charge in [-0.3, -0.25) is 4.68 Å². The van der Waals surface area contributed by atoms with E-state index in [1.165, 1.54) is 18.8 Å². The summed E-state index contributed by atoms with van der Waals surface area (Å²) in [5.74, 6) is 0.395. The SMILES string of the molecule is COc1nn(C)c(C)c1NC(=O)N(C)Cc1ccc2nsnc2c1. The average molecular weight is 346 g/mol. The van der Waals surface area contributed by atoms with Gasteiger partial charge in [0.2, 0.25) is 0 Å². The van der Waals surface area contributed by atoms with Crippen LogP contribution in [0.1, 0.15) is 11.3 Å². The van der Waals surface area contributed by atoms with Gasteiger partial charge in [0.25, 0.3) is 5.88 Å². The number of nitrogens with zero attached hydrogens (tertiary/aromatic N) is 5. The summed E-state index contributed by atoms with van der Waals surface area (Å²) in [4.78, 5) is 14.0. The van der Waals surface area contributed by atoms with Crippen LogP contribution in [-0.2, 0) is 13.6 Å². The monoisotopic (exact) mass is 346 g/mol. The quantitative estimate of drug-likeness (QED) is 0.784.